The Morgan fingerprint density at radius 1 is 1.22 bits per heavy atom. The van der Waals surface area contributed by atoms with Crippen molar-refractivity contribution in [3.63, 3.8) is 0 Å². The minimum atomic E-state index is 0.319. The first-order valence-corrected chi connectivity index (χ1v) is 7.18. The first-order valence-electron chi connectivity index (χ1n) is 7.18. The highest BCUT2D eigenvalue weighted by Gasteiger charge is 2.15. The fraction of sp³-hybridized carbons (Fsp3) is 0.588. The van der Waals surface area contributed by atoms with Crippen LogP contribution < -0.4 is 0 Å². The summed E-state index contributed by atoms with van der Waals surface area (Å²) in [5, 5.41) is 0. The van der Waals surface area contributed by atoms with Crippen LogP contribution in [0.1, 0.15) is 67.4 Å². The Morgan fingerprint density at radius 2 is 1.94 bits per heavy atom. The number of aryl methyl sites for hydroxylation is 2. The van der Waals surface area contributed by atoms with Crippen molar-refractivity contribution in [1.82, 2.24) is 0 Å². The summed E-state index contributed by atoms with van der Waals surface area (Å²) in [6.45, 7) is 8.47. The Balaban J connectivity index is 2.71. The molecule has 1 aromatic rings. The topological polar surface area (TPSA) is 17.1 Å². The maximum atomic E-state index is 12.4. The maximum absolute atomic E-state index is 12.4. The molecule has 0 saturated heterocycles. The Morgan fingerprint density at radius 3 is 2.56 bits per heavy atom. The largest absolute Gasteiger partial charge is 0.294 e. The summed E-state index contributed by atoms with van der Waals surface area (Å²) >= 11 is 0. The van der Waals surface area contributed by atoms with Gasteiger partial charge in [-0.25, -0.2) is 0 Å². The second-order valence-electron chi connectivity index (χ2n) is 5.36. The van der Waals surface area contributed by atoms with E-state index in [2.05, 4.69) is 26.0 Å². The van der Waals surface area contributed by atoms with Crippen molar-refractivity contribution in [2.45, 2.75) is 59.8 Å². The predicted molar refractivity (Wildman–Crippen MR) is 78.2 cm³/mol. The standard InChI is InChI=1S/C17H26O/c1-5-7-8-15(6-2)12-17(18)16-11-13(3)9-10-14(16)4/h9-11,15H,5-8,12H2,1-4H3. The van der Waals surface area contributed by atoms with E-state index >= 15 is 0 Å². The van der Waals surface area contributed by atoms with Crippen molar-refractivity contribution in [3.05, 3.63) is 34.9 Å². The second-order valence-corrected chi connectivity index (χ2v) is 5.36. The minimum Gasteiger partial charge on any atom is -0.294 e. The monoisotopic (exact) mass is 246 g/mol. The van der Waals surface area contributed by atoms with Gasteiger partial charge in [-0.3, -0.25) is 4.79 Å². The van der Waals surface area contributed by atoms with Gasteiger partial charge in [0.2, 0.25) is 0 Å². The van der Waals surface area contributed by atoms with Gasteiger partial charge in [0.25, 0.3) is 0 Å². The lowest BCUT2D eigenvalue weighted by molar-refractivity contribution is 0.0956. The van der Waals surface area contributed by atoms with Crippen LogP contribution in [0.5, 0.6) is 0 Å². The predicted octanol–water partition coefficient (Wildman–Crippen LogP) is 5.09. The van der Waals surface area contributed by atoms with Gasteiger partial charge in [-0.1, -0.05) is 57.2 Å². The minimum absolute atomic E-state index is 0.319. The second kappa shape index (κ2) is 7.35. The zero-order valence-corrected chi connectivity index (χ0v) is 12.3. The third-order valence-corrected chi connectivity index (χ3v) is 3.71. The highest BCUT2D eigenvalue weighted by atomic mass is 16.1. The summed E-state index contributed by atoms with van der Waals surface area (Å²) in [7, 11) is 0. The molecule has 0 aliphatic heterocycles. The van der Waals surface area contributed by atoms with Gasteiger partial charge in [-0.2, -0.15) is 0 Å². The van der Waals surface area contributed by atoms with Gasteiger partial charge in [-0.15, -0.1) is 0 Å². The molecule has 0 fully saturated rings. The number of hydrogen-bond donors (Lipinski definition) is 0. The lowest BCUT2D eigenvalue weighted by atomic mass is 9.90. The molecule has 0 aromatic heterocycles. The molecular formula is C17H26O. The van der Waals surface area contributed by atoms with E-state index in [4.69, 9.17) is 0 Å². The number of hydrogen-bond acceptors (Lipinski definition) is 1. The van der Waals surface area contributed by atoms with Crippen LogP contribution in [-0.4, -0.2) is 5.78 Å². The first kappa shape index (κ1) is 14.9. The molecule has 1 unspecified atom stereocenters. The van der Waals surface area contributed by atoms with Gasteiger partial charge in [0, 0.05) is 12.0 Å². The molecule has 18 heavy (non-hydrogen) atoms. The van der Waals surface area contributed by atoms with Crippen molar-refractivity contribution in [1.29, 1.82) is 0 Å². The highest BCUT2D eigenvalue weighted by Crippen LogP contribution is 2.21. The van der Waals surface area contributed by atoms with E-state index < -0.39 is 0 Å². The van der Waals surface area contributed by atoms with Crippen LogP contribution in [0.2, 0.25) is 0 Å². The molecule has 0 radical (unpaired) electrons. The number of benzene rings is 1. The van der Waals surface area contributed by atoms with Crippen LogP contribution in [0.15, 0.2) is 18.2 Å². The lowest BCUT2D eigenvalue weighted by Crippen LogP contribution is -2.10. The summed E-state index contributed by atoms with van der Waals surface area (Å²) in [5.74, 6) is 0.872. The van der Waals surface area contributed by atoms with Crippen LogP contribution in [0.25, 0.3) is 0 Å². The van der Waals surface area contributed by atoms with Crippen LogP contribution in [-0.2, 0) is 0 Å². The molecule has 1 heteroatoms. The average molecular weight is 246 g/mol. The van der Waals surface area contributed by atoms with Crippen LogP contribution in [0.3, 0.4) is 0 Å². The first-order chi connectivity index (χ1) is 8.58. The molecule has 0 aliphatic carbocycles. The molecule has 1 atom stereocenters. The van der Waals surface area contributed by atoms with E-state index in [1.165, 1.54) is 24.8 Å². The van der Waals surface area contributed by atoms with Crippen molar-refractivity contribution in [2.24, 2.45) is 5.92 Å². The number of rotatable bonds is 7. The molecule has 0 N–H and O–H groups in total. The van der Waals surface area contributed by atoms with E-state index in [1.807, 2.05) is 19.9 Å². The molecule has 0 aliphatic rings. The summed E-state index contributed by atoms with van der Waals surface area (Å²) in [5.41, 5.74) is 3.20. The van der Waals surface area contributed by atoms with Gasteiger partial charge in [-0.05, 0) is 31.4 Å². The highest BCUT2D eigenvalue weighted by molar-refractivity contribution is 5.97. The smallest absolute Gasteiger partial charge is 0.163 e. The van der Waals surface area contributed by atoms with Gasteiger partial charge in [0.1, 0.15) is 0 Å². The average Bonchev–Trinajstić information content (AvgIpc) is 2.37. The van der Waals surface area contributed by atoms with E-state index in [1.54, 1.807) is 0 Å². The Bertz CT molecular complexity index is 393. The van der Waals surface area contributed by atoms with Gasteiger partial charge >= 0.3 is 0 Å². The Hall–Kier alpha value is -1.11. The molecule has 0 bridgehead atoms. The van der Waals surface area contributed by atoms with E-state index in [9.17, 15) is 4.79 Å². The number of carbonyl (C=O) groups excluding carboxylic acids is 1. The molecule has 1 rings (SSSR count). The van der Waals surface area contributed by atoms with Gasteiger partial charge in [0.15, 0.2) is 5.78 Å². The summed E-state index contributed by atoms with van der Waals surface area (Å²) in [6, 6.07) is 6.15. The molecule has 1 aromatic carbocycles. The van der Waals surface area contributed by atoms with E-state index in [0.29, 0.717) is 18.1 Å². The summed E-state index contributed by atoms with van der Waals surface area (Å²) in [6.07, 6.45) is 5.45. The third kappa shape index (κ3) is 4.29. The molecular weight excluding hydrogens is 220 g/mol. The molecule has 0 saturated carbocycles. The van der Waals surface area contributed by atoms with Crippen LogP contribution >= 0.6 is 0 Å². The lowest BCUT2D eigenvalue weighted by Gasteiger charge is -2.14. The Labute approximate surface area is 112 Å². The molecule has 0 spiro atoms. The molecule has 0 heterocycles. The van der Waals surface area contributed by atoms with Gasteiger partial charge in [0.05, 0.1) is 0 Å². The van der Waals surface area contributed by atoms with Crippen molar-refractivity contribution in [2.75, 3.05) is 0 Å². The molecule has 1 nitrogen and oxygen atoms in total. The van der Waals surface area contributed by atoms with Crippen LogP contribution in [0, 0.1) is 19.8 Å². The number of carbonyl (C=O) groups is 1. The molecule has 0 amide bonds. The Kier molecular flexibility index (Phi) is 6.11. The summed E-state index contributed by atoms with van der Waals surface area (Å²) in [4.78, 5) is 12.4. The normalized spacial score (nSPS) is 12.4. The quantitative estimate of drug-likeness (QED) is 0.612. The fourth-order valence-electron chi connectivity index (χ4n) is 2.35. The number of ketones is 1. The zero-order valence-electron chi connectivity index (χ0n) is 12.3. The maximum Gasteiger partial charge on any atom is 0.163 e. The van der Waals surface area contributed by atoms with E-state index in [-0.39, 0.29) is 0 Å². The number of Topliss-reactive ketones (excluding diaryl/α,β-unsaturated/α-hetero) is 1. The van der Waals surface area contributed by atoms with Gasteiger partial charge < -0.3 is 0 Å². The van der Waals surface area contributed by atoms with E-state index in [0.717, 1.165) is 17.5 Å². The summed E-state index contributed by atoms with van der Waals surface area (Å²) < 4.78 is 0. The van der Waals surface area contributed by atoms with Crippen molar-refractivity contribution < 1.29 is 4.79 Å². The zero-order chi connectivity index (χ0) is 13.5. The van der Waals surface area contributed by atoms with Crippen molar-refractivity contribution >= 4 is 5.78 Å². The third-order valence-electron chi connectivity index (χ3n) is 3.71. The number of unbranched alkanes of at least 4 members (excludes halogenated alkanes) is 1. The van der Waals surface area contributed by atoms with Crippen LogP contribution in [0.4, 0.5) is 0 Å². The SMILES string of the molecule is CCCCC(CC)CC(=O)c1cc(C)ccc1C. The fourth-order valence-corrected chi connectivity index (χ4v) is 2.35. The van der Waals surface area contributed by atoms with Crippen molar-refractivity contribution in [3.8, 4) is 0 Å². The molecule has 100 valence electrons.